The first-order valence-corrected chi connectivity index (χ1v) is 10.9. The van der Waals surface area contributed by atoms with Crippen LogP contribution in [0.4, 0.5) is 0 Å². The summed E-state index contributed by atoms with van der Waals surface area (Å²) in [4.78, 5) is 9.40. The van der Waals surface area contributed by atoms with Gasteiger partial charge in [0, 0.05) is 37.9 Å². The van der Waals surface area contributed by atoms with Crippen LogP contribution in [0, 0.1) is 11.7 Å². The molecule has 8 nitrogen and oxygen atoms in total. The van der Waals surface area contributed by atoms with Crippen molar-refractivity contribution in [2.75, 3.05) is 26.2 Å². The van der Waals surface area contributed by atoms with Crippen molar-refractivity contribution in [1.82, 2.24) is 34.1 Å². The van der Waals surface area contributed by atoms with E-state index in [1.54, 1.807) is 0 Å². The Kier molecular flexibility index (Phi) is 5.39. The van der Waals surface area contributed by atoms with Crippen molar-refractivity contribution in [1.29, 1.82) is 0 Å². The first-order valence-electron chi connectivity index (χ1n) is 10.5. The first-order chi connectivity index (χ1) is 15.1. The number of rotatable bonds is 5. The first kappa shape index (κ1) is 20.0. The predicted molar refractivity (Wildman–Crippen MR) is 120 cm³/mol. The van der Waals surface area contributed by atoms with Gasteiger partial charge in [0.15, 0.2) is 5.65 Å². The van der Waals surface area contributed by atoms with Gasteiger partial charge >= 0.3 is 0 Å². The van der Waals surface area contributed by atoms with Crippen LogP contribution in [0.2, 0.25) is 0 Å². The highest BCUT2D eigenvalue weighted by atomic mass is 32.1. The molecule has 1 fully saturated rings. The van der Waals surface area contributed by atoms with Crippen LogP contribution < -0.4 is 0 Å². The van der Waals surface area contributed by atoms with E-state index in [4.69, 9.17) is 16.7 Å². The monoisotopic (exact) mass is 435 g/mol. The van der Waals surface area contributed by atoms with E-state index in [0.29, 0.717) is 18.4 Å². The SMILES string of the molecule is Cc1ccc(-c2noc(C(C)N3CCN(Cn4nc5ccccn5c4=S)CC3)n2)cc1. The minimum atomic E-state index is 0.0752. The number of fused-ring (bicyclic) bond motifs is 1. The van der Waals surface area contributed by atoms with Crippen molar-refractivity contribution in [3.05, 3.63) is 64.9 Å². The summed E-state index contributed by atoms with van der Waals surface area (Å²) in [5.41, 5.74) is 3.06. The summed E-state index contributed by atoms with van der Waals surface area (Å²) in [7, 11) is 0. The molecule has 1 aromatic carbocycles. The molecular formula is C22H25N7OS. The van der Waals surface area contributed by atoms with Gasteiger partial charge < -0.3 is 4.52 Å². The third-order valence-electron chi connectivity index (χ3n) is 5.89. The van der Waals surface area contributed by atoms with Gasteiger partial charge in [0.05, 0.1) is 12.7 Å². The molecule has 1 saturated heterocycles. The van der Waals surface area contributed by atoms with Crippen LogP contribution in [0.15, 0.2) is 53.2 Å². The van der Waals surface area contributed by atoms with Crippen LogP contribution in [0.1, 0.15) is 24.4 Å². The van der Waals surface area contributed by atoms with Gasteiger partial charge in [-0.1, -0.05) is 41.1 Å². The number of nitrogens with zero attached hydrogens (tertiary/aromatic N) is 7. The highest BCUT2D eigenvalue weighted by molar-refractivity contribution is 7.71. The molecule has 0 amide bonds. The summed E-state index contributed by atoms with van der Waals surface area (Å²) in [5.74, 6) is 1.30. The van der Waals surface area contributed by atoms with Crippen molar-refractivity contribution in [3.63, 3.8) is 0 Å². The molecular weight excluding hydrogens is 410 g/mol. The van der Waals surface area contributed by atoms with Gasteiger partial charge in [-0.2, -0.15) is 10.1 Å². The molecule has 1 atom stereocenters. The average molecular weight is 436 g/mol. The van der Waals surface area contributed by atoms with Crippen molar-refractivity contribution >= 4 is 17.9 Å². The largest absolute Gasteiger partial charge is 0.337 e. The molecule has 1 unspecified atom stereocenters. The van der Waals surface area contributed by atoms with E-state index in [2.05, 4.69) is 51.0 Å². The van der Waals surface area contributed by atoms with Crippen LogP contribution in [-0.2, 0) is 6.67 Å². The Hall–Kier alpha value is -2.88. The maximum absolute atomic E-state index is 5.59. The lowest BCUT2D eigenvalue weighted by Crippen LogP contribution is -2.47. The quantitative estimate of drug-likeness (QED) is 0.444. The van der Waals surface area contributed by atoms with Crippen LogP contribution in [0.5, 0.6) is 0 Å². The zero-order chi connectivity index (χ0) is 21.4. The van der Waals surface area contributed by atoms with Crippen molar-refractivity contribution in [2.24, 2.45) is 0 Å². The van der Waals surface area contributed by atoms with E-state index in [1.807, 2.05) is 45.6 Å². The molecule has 0 aliphatic carbocycles. The maximum atomic E-state index is 5.59. The summed E-state index contributed by atoms with van der Waals surface area (Å²) in [5, 5.41) is 8.82. The van der Waals surface area contributed by atoms with Gasteiger partial charge in [-0.05, 0) is 38.2 Å². The molecule has 1 aliphatic rings. The Balaban J connectivity index is 1.21. The molecule has 31 heavy (non-hydrogen) atoms. The number of piperazine rings is 1. The van der Waals surface area contributed by atoms with Gasteiger partial charge in [0.25, 0.3) is 0 Å². The minimum Gasteiger partial charge on any atom is -0.337 e. The molecule has 4 heterocycles. The standard InChI is InChI=1S/C22H25N7OS/c1-16-6-8-18(9-7-16)20-23-21(30-25-20)17(2)27-13-11-26(12-14-27)15-29-22(31)28-10-4-3-5-19(28)24-29/h3-10,17H,11-15H2,1-2H3. The number of hydrogen-bond donors (Lipinski definition) is 0. The Morgan fingerprint density at radius 2 is 1.84 bits per heavy atom. The molecule has 0 radical (unpaired) electrons. The number of aryl methyl sites for hydroxylation is 1. The molecule has 4 aromatic rings. The van der Waals surface area contributed by atoms with E-state index in [9.17, 15) is 0 Å². The van der Waals surface area contributed by atoms with E-state index in [-0.39, 0.29) is 6.04 Å². The van der Waals surface area contributed by atoms with Crippen LogP contribution in [0.3, 0.4) is 0 Å². The molecule has 160 valence electrons. The summed E-state index contributed by atoms with van der Waals surface area (Å²) in [6.45, 7) is 8.59. The van der Waals surface area contributed by atoms with Crippen LogP contribution in [0.25, 0.3) is 17.0 Å². The van der Waals surface area contributed by atoms with Crippen molar-refractivity contribution < 1.29 is 4.52 Å². The zero-order valence-electron chi connectivity index (χ0n) is 17.7. The fourth-order valence-electron chi connectivity index (χ4n) is 3.92. The van der Waals surface area contributed by atoms with Crippen LogP contribution >= 0.6 is 12.2 Å². The highest BCUT2D eigenvalue weighted by Gasteiger charge is 2.26. The lowest BCUT2D eigenvalue weighted by atomic mass is 10.1. The lowest BCUT2D eigenvalue weighted by Gasteiger charge is -2.36. The molecule has 0 bridgehead atoms. The molecule has 9 heteroatoms. The number of benzene rings is 1. The molecule has 3 aromatic heterocycles. The van der Waals surface area contributed by atoms with Crippen LogP contribution in [-0.4, -0.2) is 60.3 Å². The smallest absolute Gasteiger partial charge is 0.244 e. The fourth-order valence-corrected chi connectivity index (χ4v) is 4.18. The Morgan fingerprint density at radius 3 is 2.58 bits per heavy atom. The average Bonchev–Trinajstić information content (AvgIpc) is 3.40. The maximum Gasteiger partial charge on any atom is 0.244 e. The zero-order valence-corrected chi connectivity index (χ0v) is 18.5. The van der Waals surface area contributed by atoms with E-state index in [0.717, 1.165) is 42.2 Å². The summed E-state index contributed by atoms with van der Waals surface area (Å²) >= 11 is 5.57. The van der Waals surface area contributed by atoms with Gasteiger partial charge in [-0.3, -0.25) is 14.2 Å². The third kappa shape index (κ3) is 4.04. The third-order valence-corrected chi connectivity index (χ3v) is 6.29. The molecule has 0 saturated carbocycles. The topological polar surface area (TPSA) is 67.6 Å². The lowest BCUT2D eigenvalue weighted by molar-refractivity contribution is 0.0685. The van der Waals surface area contributed by atoms with Crippen molar-refractivity contribution in [2.45, 2.75) is 26.6 Å². The van der Waals surface area contributed by atoms with Gasteiger partial charge in [-0.15, -0.1) is 0 Å². The number of hydrogen-bond acceptors (Lipinski definition) is 7. The highest BCUT2D eigenvalue weighted by Crippen LogP contribution is 2.24. The Labute approximate surface area is 185 Å². The van der Waals surface area contributed by atoms with E-state index in [1.165, 1.54) is 5.56 Å². The van der Waals surface area contributed by atoms with E-state index >= 15 is 0 Å². The number of aromatic nitrogens is 5. The Bertz CT molecular complexity index is 1230. The molecule has 0 spiro atoms. The normalized spacial score (nSPS) is 16.7. The second-order valence-corrected chi connectivity index (χ2v) is 8.37. The summed E-state index contributed by atoms with van der Waals surface area (Å²) < 4.78 is 10.2. The predicted octanol–water partition coefficient (Wildman–Crippen LogP) is 3.56. The fraction of sp³-hybridized carbons (Fsp3) is 0.364. The summed E-state index contributed by atoms with van der Waals surface area (Å²) in [6.07, 6.45) is 1.95. The van der Waals surface area contributed by atoms with Gasteiger partial charge in [0.1, 0.15) is 0 Å². The second-order valence-electron chi connectivity index (χ2n) is 8.00. The van der Waals surface area contributed by atoms with Crippen molar-refractivity contribution in [3.8, 4) is 11.4 Å². The summed E-state index contributed by atoms with van der Waals surface area (Å²) in [6, 6.07) is 14.2. The number of pyridine rings is 1. The van der Waals surface area contributed by atoms with E-state index < -0.39 is 0 Å². The molecule has 1 aliphatic heterocycles. The van der Waals surface area contributed by atoms with Gasteiger partial charge in [-0.25, -0.2) is 4.68 Å². The van der Waals surface area contributed by atoms with Gasteiger partial charge in [0.2, 0.25) is 16.5 Å². The molecule has 5 rings (SSSR count). The Morgan fingerprint density at radius 1 is 1.06 bits per heavy atom. The molecule has 0 N–H and O–H groups in total. The minimum absolute atomic E-state index is 0.0752. The second kappa shape index (κ2) is 8.33.